The smallest absolute Gasteiger partial charge is 0.410 e. The van der Waals surface area contributed by atoms with E-state index in [2.05, 4.69) is 15.8 Å². The Morgan fingerprint density at radius 1 is 1.30 bits per heavy atom. The van der Waals surface area contributed by atoms with Crippen LogP contribution in [0.5, 0.6) is 0 Å². The van der Waals surface area contributed by atoms with Crippen molar-refractivity contribution < 1.29 is 23.4 Å². The van der Waals surface area contributed by atoms with E-state index >= 15 is 0 Å². The summed E-state index contributed by atoms with van der Waals surface area (Å²) in [5, 5.41) is 24.8. The normalized spacial score (nSPS) is 19.5. The van der Waals surface area contributed by atoms with Crippen LogP contribution in [0.25, 0.3) is 11.1 Å². The van der Waals surface area contributed by atoms with Crippen molar-refractivity contribution in [2.24, 2.45) is 5.41 Å². The molecule has 0 saturated heterocycles. The van der Waals surface area contributed by atoms with Gasteiger partial charge < -0.3 is 9.64 Å². The molecule has 2 aromatic heterocycles. The van der Waals surface area contributed by atoms with Gasteiger partial charge in [-0.25, -0.2) is 22.9 Å². The molecule has 2 saturated carbocycles. The van der Waals surface area contributed by atoms with Gasteiger partial charge in [0.15, 0.2) is 5.82 Å². The third-order valence-electron chi connectivity index (χ3n) is 7.36. The standard InChI is InChI=1S/C27H33N7O4S2/c1-25(2,3)38-24(35)33-11-5-17(6-12-33)19-13-18(40(36,37)32-26(4)7-8-26)15-34-20(19)14-31-22(34)21(29)39-23(30)27(16-28)9-10-27/h5,13-15,29-30,32H,6-12H2,1-4H3/p+1. The summed E-state index contributed by atoms with van der Waals surface area (Å²) >= 11 is 0.983. The van der Waals surface area contributed by atoms with Gasteiger partial charge in [0.2, 0.25) is 15.1 Å². The molecule has 1 amide bonds. The Bertz CT molecular complexity index is 1600. The number of rotatable bonds is 6. The second-order valence-corrected chi connectivity index (χ2v) is 14.7. The van der Waals surface area contributed by atoms with E-state index in [0.29, 0.717) is 48.5 Å². The lowest BCUT2D eigenvalue weighted by Crippen LogP contribution is -2.43. The Labute approximate surface area is 238 Å². The molecule has 2 fully saturated rings. The van der Waals surface area contributed by atoms with Gasteiger partial charge in [0, 0.05) is 30.4 Å². The van der Waals surface area contributed by atoms with Crippen LogP contribution in [0.3, 0.4) is 0 Å². The molecule has 2 aromatic rings. The minimum Gasteiger partial charge on any atom is -0.444 e. The van der Waals surface area contributed by atoms with Crippen LogP contribution in [-0.2, 0) is 14.8 Å². The average molecular weight is 585 g/mol. The SMILES string of the molecule is CC1(NS(=O)(=O)c2cc(C3=CCN(C(=O)OC(C)(C)C)CC3)c3cnc(C(=N)SC(=[NH2+])C4(C#N)CC4)n3c2)CC1. The summed E-state index contributed by atoms with van der Waals surface area (Å²) in [6, 6.07) is 3.87. The number of imidazole rings is 1. The molecular formula is C27H34N7O4S2+. The van der Waals surface area contributed by atoms with Gasteiger partial charge in [-0.15, -0.1) is 0 Å². The summed E-state index contributed by atoms with van der Waals surface area (Å²) in [7, 11) is -3.87. The quantitative estimate of drug-likeness (QED) is 0.347. The van der Waals surface area contributed by atoms with Gasteiger partial charge in [0.25, 0.3) is 0 Å². The molecule has 0 radical (unpaired) electrons. The van der Waals surface area contributed by atoms with Gasteiger partial charge >= 0.3 is 6.09 Å². The predicted molar refractivity (Wildman–Crippen MR) is 152 cm³/mol. The highest BCUT2D eigenvalue weighted by molar-refractivity contribution is 8.26. The fourth-order valence-corrected chi connectivity index (χ4v) is 6.91. The number of aromatic nitrogens is 2. The van der Waals surface area contributed by atoms with Crippen molar-refractivity contribution >= 4 is 49.1 Å². The van der Waals surface area contributed by atoms with Crippen molar-refractivity contribution in [2.45, 2.75) is 75.8 Å². The van der Waals surface area contributed by atoms with Gasteiger partial charge in [0.1, 0.15) is 16.1 Å². The van der Waals surface area contributed by atoms with Crippen molar-refractivity contribution in [2.75, 3.05) is 13.1 Å². The van der Waals surface area contributed by atoms with Gasteiger partial charge in [-0.1, -0.05) is 6.08 Å². The van der Waals surface area contributed by atoms with Crippen LogP contribution >= 0.6 is 11.8 Å². The molecule has 0 spiro atoms. The highest BCUT2D eigenvalue weighted by atomic mass is 32.2. The highest BCUT2D eigenvalue weighted by Gasteiger charge is 2.52. The maximum Gasteiger partial charge on any atom is 0.410 e. The number of nitrogens with zero attached hydrogens (tertiary/aromatic N) is 4. The number of fused-ring (bicyclic) bond motifs is 1. The second-order valence-electron chi connectivity index (χ2n) is 12.0. The molecule has 40 heavy (non-hydrogen) atoms. The zero-order chi connectivity index (χ0) is 29.1. The molecule has 0 aromatic carbocycles. The lowest BCUT2D eigenvalue weighted by molar-refractivity contribution is -0.113. The first kappa shape index (κ1) is 28.3. The first-order valence-electron chi connectivity index (χ1n) is 13.2. The monoisotopic (exact) mass is 584 g/mol. The van der Waals surface area contributed by atoms with E-state index in [1.165, 1.54) is 6.20 Å². The Balaban J connectivity index is 1.51. The fourth-order valence-electron chi connectivity index (χ4n) is 4.51. The molecule has 4 N–H and O–H groups in total. The molecule has 5 rings (SSSR count). The van der Waals surface area contributed by atoms with Crippen molar-refractivity contribution in [3.63, 3.8) is 0 Å². The maximum atomic E-state index is 13.4. The molecule has 212 valence electrons. The first-order chi connectivity index (χ1) is 18.7. The van der Waals surface area contributed by atoms with E-state index in [1.54, 1.807) is 21.6 Å². The second kappa shape index (κ2) is 9.71. The topological polar surface area (TPSA) is 166 Å². The number of hydrogen-bond acceptors (Lipinski definition) is 8. The van der Waals surface area contributed by atoms with Gasteiger partial charge in [-0.2, -0.15) is 5.26 Å². The predicted octanol–water partition coefficient (Wildman–Crippen LogP) is 2.71. The molecule has 1 aliphatic heterocycles. The van der Waals surface area contributed by atoms with Gasteiger partial charge in [-0.3, -0.25) is 15.2 Å². The molecule has 13 heteroatoms. The van der Waals surface area contributed by atoms with Gasteiger partial charge in [-0.05, 0) is 83.2 Å². The van der Waals surface area contributed by atoms with Crippen molar-refractivity contribution in [1.29, 1.82) is 10.7 Å². The fraction of sp³-hybridized carbons (Fsp3) is 0.519. The van der Waals surface area contributed by atoms with Gasteiger partial charge in [0.05, 0.1) is 22.7 Å². The lowest BCUT2D eigenvalue weighted by atomic mass is 9.99. The number of nitrogens with one attached hydrogen (secondary N) is 2. The first-order valence-corrected chi connectivity index (χ1v) is 15.5. The Morgan fingerprint density at radius 2 is 2.00 bits per heavy atom. The van der Waals surface area contributed by atoms with E-state index in [4.69, 9.17) is 15.6 Å². The molecule has 3 aliphatic rings. The number of pyridine rings is 1. The summed E-state index contributed by atoms with van der Waals surface area (Å²) < 4.78 is 36.8. The number of sulfonamides is 1. The van der Waals surface area contributed by atoms with Crippen LogP contribution in [0.4, 0.5) is 4.79 Å². The number of thioether (sulfide) groups is 1. The third-order valence-corrected chi connectivity index (χ3v) is 9.97. The van der Waals surface area contributed by atoms with Crippen LogP contribution in [-0.4, -0.2) is 63.1 Å². The Morgan fingerprint density at radius 3 is 2.55 bits per heavy atom. The van der Waals surface area contributed by atoms with E-state index < -0.39 is 32.7 Å². The number of carbonyl (C=O) groups excluding carboxylic acids is 1. The molecule has 0 bridgehead atoms. The number of nitriles is 1. The number of nitrogens with two attached hydrogens (primary N) is 1. The number of hydrogen-bond donors (Lipinski definition) is 3. The van der Waals surface area contributed by atoms with Crippen molar-refractivity contribution in [1.82, 2.24) is 19.0 Å². The number of ether oxygens (including phenoxy) is 1. The molecule has 11 nitrogen and oxygen atoms in total. The largest absolute Gasteiger partial charge is 0.444 e. The molecule has 2 aliphatic carbocycles. The third kappa shape index (κ3) is 5.66. The summed E-state index contributed by atoms with van der Waals surface area (Å²) in [4.78, 5) is 18.7. The Kier molecular flexibility index (Phi) is 6.88. The maximum absolute atomic E-state index is 13.4. The van der Waals surface area contributed by atoms with E-state index in [1.807, 2.05) is 33.8 Å². The van der Waals surface area contributed by atoms with E-state index in [9.17, 15) is 18.5 Å². The molecule has 0 atom stereocenters. The number of carbonyl (C=O) groups is 1. The van der Waals surface area contributed by atoms with Crippen molar-refractivity contribution in [3.8, 4) is 6.07 Å². The number of amides is 1. The zero-order valence-corrected chi connectivity index (χ0v) is 24.7. The summed E-state index contributed by atoms with van der Waals surface area (Å²) in [6.07, 6.45) is 7.92. The van der Waals surface area contributed by atoms with E-state index in [-0.39, 0.29) is 15.8 Å². The molecule has 0 unspecified atom stereocenters. The summed E-state index contributed by atoms with van der Waals surface area (Å²) in [6.45, 7) is 8.05. The molecule has 3 heterocycles. The van der Waals surface area contributed by atoms with E-state index in [0.717, 1.165) is 30.2 Å². The summed E-state index contributed by atoms with van der Waals surface area (Å²) in [5.41, 5.74) is 0.375. The van der Waals surface area contributed by atoms with Crippen LogP contribution in [0.1, 0.15) is 71.2 Å². The van der Waals surface area contributed by atoms with Crippen LogP contribution in [0, 0.1) is 22.2 Å². The van der Waals surface area contributed by atoms with Crippen molar-refractivity contribution in [3.05, 3.63) is 35.9 Å². The lowest BCUT2D eigenvalue weighted by Gasteiger charge is -2.30. The van der Waals surface area contributed by atoms with Crippen LogP contribution in [0.15, 0.2) is 29.4 Å². The molecular weight excluding hydrogens is 550 g/mol. The zero-order valence-electron chi connectivity index (χ0n) is 23.1. The Hall–Kier alpha value is -3.21. The minimum atomic E-state index is -3.87. The summed E-state index contributed by atoms with van der Waals surface area (Å²) in [5.74, 6) is 0.236. The minimum absolute atomic E-state index is 0.0235. The highest BCUT2D eigenvalue weighted by Crippen LogP contribution is 2.48. The van der Waals surface area contributed by atoms with Crippen LogP contribution in [0.2, 0.25) is 0 Å². The van der Waals surface area contributed by atoms with Crippen LogP contribution < -0.4 is 10.1 Å². The average Bonchev–Trinajstić information content (AvgIpc) is 3.78.